The van der Waals surface area contributed by atoms with Gasteiger partial charge in [0.25, 0.3) is 0 Å². The number of rotatable bonds is 5. The van der Waals surface area contributed by atoms with Crippen LogP contribution < -0.4 is 5.19 Å². The molecule has 0 nitrogen and oxygen atoms in total. The molecule has 1 aliphatic carbocycles. The minimum absolute atomic E-state index is 0.204. The molecule has 0 spiro atoms. The Labute approximate surface area is 344 Å². The van der Waals surface area contributed by atoms with Crippen LogP contribution in [0.2, 0.25) is 32.7 Å². The van der Waals surface area contributed by atoms with Gasteiger partial charge in [0.2, 0.25) is 0 Å². The van der Waals surface area contributed by atoms with Crippen molar-refractivity contribution in [2.75, 3.05) is 0 Å². The summed E-state index contributed by atoms with van der Waals surface area (Å²) < 4.78 is 0. The van der Waals surface area contributed by atoms with E-state index in [1.54, 1.807) is 5.56 Å². The maximum absolute atomic E-state index is 4.93. The molecule has 0 aliphatic heterocycles. The molecule has 0 saturated heterocycles. The Morgan fingerprint density at radius 3 is 1.66 bits per heavy atom. The summed E-state index contributed by atoms with van der Waals surface area (Å²) in [4.78, 5) is 0. The SMILES string of the molecule is CC1CCC(c2cc3c(-c4ccc(C(C)(C)C)cc4)cccc3[cH-]2)CC1.CCc1cc2c(-c3ccc([Si](C)(C)C)cc3)cccc2[cH-]1.C[Si]C.[Cl][Zr+2][Cl]. The van der Waals surface area contributed by atoms with E-state index < -0.39 is 28.9 Å². The molecule has 0 aromatic heterocycles. The fourth-order valence-corrected chi connectivity index (χ4v) is 8.56. The van der Waals surface area contributed by atoms with Crippen molar-refractivity contribution in [2.24, 2.45) is 5.92 Å². The first-order valence-electron chi connectivity index (χ1n) is 19.4. The molecule has 6 aromatic carbocycles. The molecular formula is C48H60Cl2Si2Zr. The summed E-state index contributed by atoms with van der Waals surface area (Å²) in [6, 6.07) is 41.4. The van der Waals surface area contributed by atoms with Gasteiger partial charge < -0.3 is 0 Å². The molecule has 1 saturated carbocycles. The number of halogens is 2. The molecule has 0 atom stereocenters. The third kappa shape index (κ3) is 12.0. The average Bonchev–Trinajstić information content (AvgIpc) is 3.77. The van der Waals surface area contributed by atoms with E-state index in [0.29, 0.717) is 0 Å². The summed E-state index contributed by atoms with van der Waals surface area (Å²) in [6.07, 6.45) is 6.57. The molecule has 7 rings (SSSR count). The topological polar surface area (TPSA) is 0 Å². The Hall–Kier alpha value is -2.00. The molecule has 0 N–H and O–H groups in total. The van der Waals surface area contributed by atoms with Crippen molar-refractivity contribution in [1.82, 2.24) is 0 Å². The molecular weight excluding hydrogens is 795 g/mol. The quantitative estimate of drug-likeness (QED) is 0.120. The summed E-state index contributed by atoms with van der Waals surface area (Å²) in [5.41, 5.74) is 9.98. The van der Waals surface area contributed by atoms with Crippen LogP contribution in [0, 0.1) is 5.92 Å². The Balaban J connectivity index is 0.000000210. The van der Waals surface area contributed by atoms with Crippen LogP contribution in [0.25, 0.3) is 43.8 Å². The van der Waals surface area contributed by atoms with Crippen molar-refractivity contribution >= 4 is 61.4 Å². The van der Waals surface area contributed by atoms with Gasteiger partial charge in [0.05, 0.1) is 8.07 Å². The summed E-state index contributed by atoms with van der Waals surface area (Å²) in [6.45, 7) is 22.9. The predicted octanol–water partition coefficient (Wildman–Crippen LogP) is 15.3. The summed E-state index contributed by atoms with van der Waals surface area (Å²) in [7, 11) is 9.74. The Bertz CT molecular complexity index is 1980. The number of aryl methyl sites for hydroxylation is 1. The van der Waals surface area contributed by atoms with E-state index in [2.05, 4.69) is 177 Å². The van der Waals surface area contributed by atoms with Crippen molar-refractivity contribution in [2.45, 2.75) is 111 Å². The predicted molar refractivity (Wildman–Crippen MR) is 241 cm³/mol. The molecule has 278 valence electrons. The number of fused-ring (bicyclic) bond motifs is 2. The van der Waals surface area contributed by atoms with Gasteiger partial charge in [0.15, 0.2) is 0 Å². The second-order valence-corrected chi connectivity index (χ2v) is 26.6. The third-order valence-corrected chi connectivity index (χ3v) is 12.7. The molecule has 5 heteroatoms. The molecule has 6 aromatic rings. The van der Waals surface area contributed by atoms with Gasteiger partial charge in [0.1, 0.15) is 0 Å². The van der Waals surface area contributed by atoms with E-state index in [0.717, 1.165) is 27.8 Å². The Morgan fingerprint density at radius 2 is 1.19 bits per heavy atom. The Morgan fingerprint density at radius 1 is 0.717 bits per heavy atom. The average molecular weight is 855 g/mol. The van der Waals surface area contributed by atoms with Gasteiger partial charge in [-0.2, -0.15) is 12.1 Å². The Kier molecular flexibility index (Phi) is 16.7. The van der Waals surface area contributed by atoms with E-state index >= 15 is 0 Å². The molecule has 0 amide bonds. The van der Waals surface area contributed by atoms with Crippen LogP contribution in [0.3, 0.4) is 0 Å². The van der Waals surface area contributed by atoms with E-state index in [-0.39, 0.29) is 5.41 Å². The van der Waals surface area contributed by atoms with Crippen LogP contribution in [-0.2, 0) is 32.7 Å². The van der Waals surface area contributed by atoms with Crippen LogP contribution in [0.1, 0.15) is 82.9 Å². The third-order valence-electron chi connectivity index (χ3n) is 10.6. The van der Waals surface area contributed by atoms with Crippen LogP contribution in [0.5, 0.6) is 0 Å². The van der Waals surface area contributed by atoms with Crippen molar-refractivity contribution in [3.05, 3.63) is 126 Å². The van der Waals surface area contributed by atoms with Crippen molar-refractivity contribution in [3.8, 4) is 22.3 Å². The van der Waals surface area contributed by atoms with E-state index in [9.17, 15) is 0 Å². The summed E-state index contributed by atoms with van der Waals surface area (Å²) >= 11 is -0.826. The monoisotopic (exact) mass is 852 g/mol. The van der Waals surface area contributed by atoms with E-state index in [1.807, 2.05) is 0 Å². The maximum atomic E-state index is 4.93. The molecule has 0 heterocycles. The zero-order valence-corrected chi connectivity index (χ0v) is 39.8. The number of hydrogen-bond donors (Lipinski definition) is 0. The standard InChI is InChI=1S/C26H31.C20H23Si.C2H6Si.2ClH.Zr/c1-18-8-10-19(11-9-18)22-16-21-6-5-7-24(25(21)17-22)20-12-14-23(15-13-20)26(2,3)4;1-5-15-13-17-7-6-8-19(20(17)14-15)16-9-11-18(12-10-16)21(2,3)4;1-3-2;;;/h5-7,12-19H,8-11H2,1-4H3;6-14H,5H2,1-4H3;1-2H3;2*1H;/q2*-1;;;;+4/p-2. The van der Waals surface area contributed by atoms with Gasteiger partial charge in [-0.05, 0) is 53.2 Å². The first-order valence-corrected chi connectivity index (χ1v) is 31.2. The normalized spacial score (nSPS) is 15.7. The van der Waals surface area contributed by atoms with Crippen LogP contribution >= 0.6 is 17.0 Å². The zero-order chi connectivity index (χ0) is 38.8. The fraction of sp³-hybridized carbons (Fsp3) is 0.375. The first kappa shape index (κ1) is 43.7. The van der Waals surface area contributed by atoms with Crippen molar-refractivity contribution in [1.29, 1.82) is 0 Å². The van der Waals surface area contributed by atoms with Gasteiger partial charge in [-0.3, -0.25) is 0 Å². The second-order valence-electron chi connectivity index (χ2n) is 16.8. The van der Waals surface area contributed by atoms with Crippen molar-refractivity contribution < 1.29 is 20.8 Å². The molecule has 0 unspecified atom stereocenters. The van der Waals surface area contributed by atoms with E-state index in [4.69, 9.17) is 17.0 Å². The molecule has 53 heavy (non-hydrogen) atoms. The molecule has 1 aliphatic rings. The van der Waals surface area contributed by atoms with E-state index in [1.165, 1.54) is 85.8 Å². The fourth-order valence-electron chi connectivity index (χ4n) is 7.39. The van der Waals surface area contributed by atoms with Gasteiger partial charge in [0, 0.05) is 9.52 Å². The van der Waals surface area contributed by atoms with Gasteiger partial charge in [-0.15, -0.1) is 69.1 Å². The van der Waals surface area contributed by atoms with Crippen LogP contribution in [-0.4, -0.2) is 17.6 Å². The number of hydrogen-bond acceptors (Lipinski definition) is 0. The number of benzene rings is 4. The minimum atomic E-state index is -1.21. The van der Waals surface area contributed by atoms with Crippen molar-refractivity contribution in [3.63, 3.8) is 0 Å². The summed E-state index contributed by atoms with van der Waals surface area (Å²) in [5.74, 6) is 1.67. The van der Waals surface area contributed by atoms with Gasteiger partial charge in [-0.25, -0.2) is 0 Å². The van der Waals surface area contributed by atoms with Gasteiger partial charge >= 0.3 is 37.9 Å². The first-order chi connectivity index (χ1) is 25.2. The zero-order valence-electron chi connectivity index (χ0n) is 33.8. The van der Waals surface area contributed by atoms with Crippen LogP contribution in [0.15, 0.2) is 109 Å². The molecule has 1 fully saturated rings. The summed E-state index contributed by atoms with van der Waals surface area (Å²) in [5, 5.41) is 7.09. The molecule has 2 radical (unpaired) electrons. The van der Waals surface area contributed by atoms with Gasteiger partial charge in [-0.1, -0.05) is 157 Å². The molecule has 0 bridgehead atoms. The van der Waals surface area contributed by atoms with Crippen LogP contribution in [0.4, 0.5) is 0 Å². The second kappa shape index (κ2) is 20.2.